The summed E-state index contributed by atoms with van der Waals surface area (Å²) < 4.78 is 22.6. The van der Waals surface area contributed by atoms with E-state index in [0.717, 1.165) is 6.26 Å². The van der Waals surface area contributed by atoms with E-state index in [2.05, 4.69) is 15.9 Å². The van der Waals surface area contributed by atoms with Gasteiger partial charge in [-0.05, 0) is 6.92 Å². The molecule has 1 amide bonds. The van der Waals surface area contributed by atoms with Crippen LogP contribution in [0.2, 0.25) is 0 Å². The van der Waals surface area contributed by atoms with Crippen molar-refractivity contribution in [2.24, 2.45) is 0 Å². The van der Waals surface area contributed by atoms with E-state index in [0.29, 0.717) is 0 Å². The molecule has 6 heteroatoms. The number of carbonyl (C=O) groups excluding carboxylic acids is 1. The van der Waals surface area contributed by atoms with E-state index in [1.807, 2.05) is 0 Å². The lowest BCUT2D eigenvalue weighted by Crippen LogP contribution is -2.33. The number of sulfonamides is 1. The SMILES string of the molecule is CC(Br)C(=O)NS(C)(=O)=O. The van der Waals surface area contributed by atoms with Gasteiger partial charge in [0.15, 0.2) is 0 Å². The Morgan fingerprint density at radius 2 is 2.00 bits per heavy atom. The maximum absolute atomic E-state index is 10.6. The Balaban J connectivity index is 4.07. The second kappa shape index (κ2) is 3.34. The molecule has 0 aromatic carbocycles. The van der Waals surface area contributed by atoms with Crippen molar-refractivity contribution in [1.82, 2.24) is 4.72 Å². The minimum atomic E-state index is -3.40. The maximum Gasteiger partial charge on any atom is 0.246 e. The van der Waals surface area contributed by atoms with Crippen LogP contribution in [0.1, 0.15) is 6.92 Å². The van der Waals surface area contributed by atoms with Gasteiger partial charge in [0.2, 0.25) is 15.9 Å². The summed E-state index contributed by atoms with van der Waals surface area (Å²) in [5, 5.41) is 0. The number of carbonyl (C=O) groups is 1. The van der Waals surface area contributed by atoms with Gasteiger partial charge in [-0.15, -0.1) is 0 Å². The molecule has 0 rings (SSSR count). The second-order valence-corrected chi connectivity index (χ2v) is 4.98. The highest BCUT2D eigenvalue weighted by molar-refractivity contribution is 9.10. The van der Waals surface area contributed by atoms with Crippen LogP contribution in [-0.4, -0.2) is 25.4 Å². The van der Waals surface area contributed by atoms with Gasteiger partial charge in [0, 0.05) is 0 Å². The third-order valence-corrected chi connectivity index (χ3v) is 1.64. The van der Waals surface area contributed by atoms with Crippen LogP contribution in [0.3, 0.4) is 0 Å². The molecule has 0 heterocycles. The lowest BCUT2D eigenvalue weighted by atomic mass is 10.5. The Morgan fingerprint density at radius 3 is 2.10 bits per heavy atom. The number of rotatable bonds is 2. The van der Waals surface area contributed by atoms with Gasteiger partial charge in [-0.25, -0.2) is 8.42 Å². The van der Waals surface area contributed by atoms with Crippen molar-refractivity contribution in [3.8, 4) is 0 Å². The zero-order valence-electron chi connectivity index (χ0n) is 5.59. The Labute approximate surface area is 68.2 Å². The topological polar surface area (TPSA) is 63.2 Å². The van der Waals surface area contributed by atoms with Gasteiger partial charge < -0.3 is 0 Å². The van der Waals surface area contributed by atoms with E-state index in [9.17, 15) is 13.2 Å². The van der Waals surface area contributed by atoms with E-state index >= 15 is 0 Å². The van der Waals surface area contributed by atoms with Crippen molar-refractivity contribution in [2.75, 3.05) is 6.26 Å². The summed E-state index contributed by atoms with van der Waals surface area (Å²) in [6, 6.07) is 0. The molecule has 0 spiro atoms. The molecule has 0 saturated heterocycles. The zero-order chi connectivity index (χ0) is 8.36. The Morgan fingerprint density at radius 1 is 1.60 bits per heavy atom. The number of halogens is 1. The summed E-state index contributed by atoms with van der Waals surface area (Å²) >= 11 is 2.92. The molecule has 0 aromatic rings. The van der Waals surface area contributed by atoms with Crippen molar-refractivity contribution in [2.45, 2.75) is 11.8 Å². The normalized spacial score (nSPS) is 14.3. The summed E-state index contributed by atoms with van der Waals surface area (Å²) in [5.41, 5.74) is 0. The molecule has 0 aromatic heterocycles. The van der Waals surface area contributed by atoms with Crippen LogP contribution in [0, 0.1) is 0 Å². The van der Waals surface area contributed by atoms with Gasteiger partial charge in [0.05, 0.1) is 11.1 Å². The molecule has 0 aliphatic heterocycles. The van der Waals surface area contributed by atoms with Crippen LogP contribution in [0.4, 0.5) is 0 Å². The van der Waals surface area contributed by atoms with Gasteiger partial charge in [0.25, 0.3) is 0 Å². The van der Waals surface area contributed by atoms with Crippen LogP contribution in [-0.2, 0) is 14.8 Å². The van der Waals surface area contributed by atoms with E-state index in [-0.39, 0.29) is 0 Å². The van der Waals surface area contributed by atoms with Crippen molar-refractivity contribution in [1.29, 1.82) is 0 Å². The van der Waals surface area contributed by atoms with Crippen LogP contribution in [0.5, 0.6) is 0 Å². The number of amides is 1. The highest BCUT2D eigenvalue weighted by atomic mass is 79.9. The lowest BCUT2D eigenvalue weighted by Gasteiger charge is -2.02. The largest absolute Gasteiger partial charge is 0.273 e. The quantitative estimate of drug-likeness (QED) is 0.670. The minimum absolute atomic E-state index is 0.484. The third-order valence-electron chi connectivity index (χ3n) is 0.647. The molecule has 4 nitrogen and oxygen atoms in total. The van der Waals surface area contributed by atoms with Crippen molar-refractivity contribution >= 4 is 31.9 Å². The summed E-state index contributed by atoms with van der Waals surface area (Å²) in [6.45, 7) is 1.54. The third kappa shape index (κ3) is 4.75. The van der Waals surface area contributed by atoms with Crippen molar-refractivity contribution in [3.05, 3.63) is 0 Å². The summed E-state index contributed by atoms with van der Waals surface area (Å²) in [6.07, 6.45) is 0.931. The summed E-state index contributed by atoms with van der Waals surface area (Å²) in [5.74, 6) is -0.553. The fourth-order valence-corrected chi connectivity index (χ4v) is 1.07. The molecule has 0 fully saturated rings. The molecule has 0 radical (unpaired) electrons. The Bertz CT molecular complexity index is 221. The molecule has 10 heavy (non-hydrogen) atoms. The summed E-state index contributed by atoms with van der Waals surface area (Å²) in [7, 11) is -3.40. The summed E-state index contributed by atoms with van der Waals surface area (Å²) in [4.78, 5) is 10.1. The fraction of sp³-hybridized carbons (Fsp3) is 0.750. The lowest BCUT2D eigenvalue weighted by molar-refractivity contribution is -0.118. The van der Waals surface area contributed by atoms with Gasteiger partial charge in [0.1, 0.15) is 0 Å². The molecule has 0 aliphatic carbocycles. The van der Waals surface area contributed by atoms with Crippen molar-refractivity contribution < 1.29 is 13.2 Å². The highest BCUT2D eigenvalue weighted by Gasteiger charge is 2.12. The monoisotopic (exact) mass is 229 g/mol. The number of hydrogen-bond donors (Lipinski definition) is 1. The first-order valence-corrected chi connectivity index (χ1v) is 5.29. The molecular weight excluding hydrogens is 222 g/mol. The predicted molar refractivity (Wildman–Crippen MR) is 41.4 cm³/mol. The van der Waals surface area contributed by atoms with E-state index < -0.39 is 20.8 Å². The number of alkyl halides is 1. The first-order chi connectivity index (χ1) is 4.33. The van der Waals surface area contributed by atoms with Crippen LogP contribution < -0.4 is 4.72 Å². The standard InChI is InChI=1S/C4H8BrNO3S/c1-3(5)4(7)6-10(2,8)9/h3H,1-2H3,(H,6,7). The molecule has 0 bridgehead atoms. The average molecular weight is 230 g/mol. The van der Waals surface area contributed by atoms with E-state index in [4.69, 9.17) is 0 Å². The molecule has 0 aliphatic rings. The van der Waals surface area contributed by atoms with Crippen molar-refractivity contribution in [3.63, 3.8) is 0 Å². The van der Waals surface area contributed by atoms with Crippen LogP contribution >= 0.6 is 15.9 Å². The molecule has 60 valence electrons. The predicted octanol–water partition coefficient (Wildman–Crippen LogP) is -0.154. The first-order valence-electron chi connectivity index (χ1n) is 2.48. The molecule has 1 N–H and O–H groups in total. The zero-order valence-corrected chi connectivity index (χ0v) is 7.99. The molecule has 0 saturated carbocycles. The maximum atomic E-state index is 10.6. The Hall–Kier alpha value is -0.100. The first kappa shape index (κ1) is 9.90. The average Bonchev–Trinajstić information content (AvgIpc) is 1.60. The van der Waals surface area contributed by atoms with Gasteiger partial charge in [-0.2, -0.15) is 0 Å². The molecule has 1 unspecified atom stereocenters. The van der Waals surface area contributed by atoms with Gasteiger partial charge in [-0.3, -0.25) is 9.52 Å². The van der Waals surface area contributed by atoms with E-state index in [1.165, 1.54) is 0 Å². The van der Waals surface area contributed by atoms with Crippen LogP contribution in [0.25, 0.3) is 0 Å². The Kier molecular flexibility index (Phi) is 3.30. The van der Waals surface area contributed by atoms with Gasteiger partial charge in [-0.1, -0.05) is 15.9 Å². The van der Waals surface area contributed by atoms with Crippen LogP contribution in [0.15, 0.2) is 0 Å². The van der Waals surface area contributed by atoms with Gasteiger partial charge >= 0.3 is 0 Å². The number of nitrogens with one attached hydrogen (secondary N) is 1. The fourth-order valence-electron chi connectivity index (χ4n) is 0.264. The number of hydrogen-bond acceptors (Lipinski definition) is 3. The molecule has 1 atom stereocenters. The molecular formula is C4H8BrNO3S. The highest BCUT2D eigenvalue weighted by Crippen LogP contribution is 1.96. The minimum Gasteiger partial charge on any atom is -0.273 e. The van der Waals surface area contributed by atoms with E-state index in [1.54, 1.807) is 11.6 Å². The smallest absolute Gasteiger partial charge is 0.246 e. The second-order valence-electron chi connectivity index (χ2n) is 1.85.